The number of benzene rings is 1. The number of allylic oxidation sites excluding steroid dienone is 1. The number of hydrogen-bond acceptors (Lipinski definition) is 2. The SMILES string of the molecule is CCCC1CCC(C2C=CC(COc3ccc(OCC)c(F)c3C(F)F)CC2)CC1. The van der Waals surface area contributed by atoms with Crippen LogP contribution in [0.5, 0.6) is 11.5 Å². The van der Waals surface area contributed by atoms with E-state index in [9.17, 15) is 13.2 Å². The average molecular weight is 425 g/mol. The Morgan fingerprint density at radius 2 is 1.67 bits per heavy atom. The van der Waals surface area contributed by atoms with Crippen LogP contribution in [0.2, 0.25) is 0 Å². The summed E-state index contributed by atoms with van der Waals surface area (Å²) in [5.41, 5.74) is -0.706. The lowest BCUT2D eigenvalue weighted by atomic mass is 9.71. The quantitative estimate of drug-likeness (QED) is 0.378. The van der Waals surface area contributed by atoms with Crippen LogP contribution < -0.4 is 9.47 Å². The van der Waals surface area contributed by atoms with E-state index >= 15 is 0 Å². The minimum absolute atomic E-state index is 0.0873. The highest BCUT2D eigenvalue weighted by Crippen LogP contribution is 2.40. The zero-order chi connectivity index (χ0) is 21.5. The summed E-state index contributed by atoms with van der Waals surface area (Å²) in [6, 6.07) is 2.75. The van der Waals surface area contributed by atoms with Gasteiger partial charge < -0.3 is 9.47 Å². The maximum atomic E-state index is 14.4. The number of halogens is 3. The summed E-state index contributed by atoms with van der Waals surface area (Å²) in [5.74, 6) is 1.23. The third kappa shape index (κ3) is 5.73. The topological polar surface area (TPSA) is 18.5 Å². The van der Waals surface area contributed by atoms with Crippen LogP contribution in [0.3, 0.4) is 0 Å². The average Bonchev–Trinajstić information content (AvgIpc) is 2.75. The van der Waals surface area contributed by atoms with Gasteiger partial charge in [0.15, 0.2) is 11.6 Å². The van der Waals surface area contributed by atoms with Gasteiger partial charge in [0, 0.05) is 5.92 Å². The molecule has 1 saturated carbocycles. The monoisotopic (exact) mass is 424 g/mol. The summed E-state index contributed by atoms with van der Waals surface area (Å²) in [6.45, 7) is 4.46. The van der Waals surface area contributed by atoms with Gasteiger partial charge in [-0.2, -0.15) is 0 Å². The lowest BCUT2D eigenvalue weighted by molar-refractivity contribution is 0.136. The van der Waals surface area contributed by atoms with Crippen LogP contribution in [0.15, 0.2) is 24.3 Å². The van der Waals surface area contributed by atoms with Crippen LogP contribution in [-0.4, -0.2) is 13.2 Å². The fourth-order valence-corrected chi connectivity index (χ4v) is 5.09. The lowest BCUT2D eigenvalue weighted by Gasteiger charge is -2.35. The number of ether oxygens (including phenoxy) is 2. The summed E-state index contributed by atoms with van der Waals surface area (Å²) in [7, 11) is 0. The number of alkyl halides is 2. The molecule has 168 valence electrons. The van der Waals surface area contributed by atoms with Crippen LogP contribution in [0, 0.1) is 29.5 Å². The Balaban J connectivity index is 1.54. The second-order valence-corrected chi connectivity index (χ2v) is 8.79. The van der Waals surface area contributed by atoms with Crippen LogP contribution >= 0.6 is 0 Å². The molecule has 2 aliphatic carbocycles. The molecule has 2 atom stereocenters. The van der Waals surface area contributed by atoms with E-state index in [1.54, 1.807) is 6.92 Å². The van der Waals surface area contributed by atoms with Gasteiger partial charge in [-0.05, 0) is 62.5 Å². The summed E-state index contributed by atoms with van der Waals surface area (Å²) >= 11 is 0. The number of hydrogen-bond donors (Lipinski definition) is 0. The highest BCUT2D eigenvalue weighted by atomic mass is 19.3. The standard InChI is InChI=1S/C25H35F3O2/c1-3-5-17-6-10-19(11-7-17)20-12-8-18(9-13-20)16-30-21-14-15-22(29-4-2)24(26)23(21)25(27)28/h8,12,14-15,17-20,25H,3-7,9-11,13,16H2,1-2H3. The first kappa shape index (κ1) is 23.0. The Labute approximate surface area is 178 Å². The molecule has 1 aromatic rings. The van der Waals surface area contributed by atoms with Gasteiger partial charge in [-0.25, -0.2) is 13.2 Å². The molecule has 0 bridgehead atoms. The molecule has 0 aliphatic heterocycles. The van der Waals surface area contributed by atoms with Crippen molar-refractivity contribution >= 4 is 0 Å². The molecular weight excluding hydrogens is 389 g/mol. The van der Waals surface area contributed by atoms with Crippen LogP contribution in [0.4, 0.5) is 13.2 Å². The molecule has 0 amide bonds. The molecule has 0 N–H and O–H groups in total. The summed E-state index contributed by atoms with van der Waals surface area (Å²) in [4.78, 5) is 0. The fraction of sp³-hybridized carbons (Fsp3) is 0.680. The van der Waals surface area contributed by atoms with Crippen LogP contribution in [-0.2, 0) is 0 Å². The van der Waals surface area contributed by atoms with Crippen molar-refractivity contribution < 1.29 is 22.6 Å². The first-order chi connectivity index (χ1) is 14.5. The van der Waals surface area contributed by atoms with E-state index in [2.05, 4.69) is 19.1 Å². The molecule has 0 saturated heterocycles. The Hall–Kier alpha value is -1.65. The Morgan fingerprint density at radius 3 is 2.27 bits per heavy atom. The van der Waals surface area contributed by atoms with Crippen molar-refractivity contribution in [1.29, 1.82) is 0 Å². The van der Waals surface area contributed by atoms with E-state index in [1.807, 2.05) is 0 Å². The second kappa shape index (κ2) is 11.1. The molecule has 0 radical (unpaired) electrons. The maximum absolute atomic E-state index is 14.4. The highest BCUT2D eigenvalue weighted by molar-refractivity contribution is 5.43. The predicted octanol–water partition coefficient (Wildman–Crippen LogP) is 7.73. The van der Waals surface area contributed by atoms with Gasteiger partial charge in [0.05, 0.1) is 18.8 Å². The van der Waals surface area contributed by atoms with Gasteiger partial charge in [0.25, 0.3) is 6.43 Å². The molecule has 5 heteroatoms. The Bertz CT molecular complexity index is 696. The van der Waals surface area contributed by atoms with Crippen molar-refractivity contribution in [2.75, 3.05) is 13.2 Å². The van der Waals surface area contributed by atoms with Crippen LogP contribution in [0.1, 0.15) is 77.2 Å². The highest BCUT2D eigenvalue weighted by Gasteiger charge is 2.29. The molecule has 0 spiro atoms. The van der Waals surface area contributed by atoms with Crippen molar-refractivity contribution in [3.8, 4) is 11.5 Å². The molecule has 1 aromatic carbocycles. The van der Waals surface area contributed by atoms with E-state index in [4.69, 9.17) is 9.47 Å². The smallest absolute Gasteiger partial charge is 0.270 e. The van der Waals surface area contributed by atoms with Crippen molar-refractivity contribution in [3.05, 3.63) is 35.7 Å². The first-order valence-electron chi connectivity index (χ1n) is 11.6. The fourth-order valence-electron chi connectivity index (χ4n) is 5.09. The molecule has 2 nitrogen and oxygen atoms in total. The minimum Gasteiger partial charge on any atom is -0.492 e. The van der Waals surface area contributed by atoms with E-state index < -0.39 is 17.8 Å². The summed E-state index contributed by atoms with van der Waals surface area (Å²) < 4.78 is 51.9. The molecule has 0 aromatic heterocycles. The van der Waals surface area contributed by atoms with Gasteiger partial charge in [0.1, 0.15) is 5.75 Å². The van der Waals surface area contributed by atoms with Crippen molar-refractivity contribution in [1.82, 2.24) is 0 Å². The lowest BCUT2D eigenvalue weighted by Crippen LogP contribution is -2.24. The third-order valence-corrected chi connectivity index (χ3v) is 6.77. The third-order valence-electron chi connectivity index (χ3n) is 6.77. The molecule has 2 unspecified atom stereocenters. The van der Waals surface area contributed by atoms with Crippen molar-refractivity contribution in [3.63, 3.8) is 0 Å². The van der Waals surface area contributed by atoms with E-state index in [1.165, 1.54) is 50.7 Å². The molecule has 3 rings (SSSR count). The van der Waals surface area contributed by atoms with Gasteiger partial charge in [-0.1, -0.05) is 44.8 Å². The zero-order valence-electron chi connectivity index (χ0n) is 18.2. The molecule has 2 aliphatic rings. The second-order valence-electron chi connectivity index (χ2n) is 8.79. The van der Waals surface area contributed by atoms with E-state index in [0.29, 0.717) is 12.5 Å². The van der Waals surface area contributed by atoms with Crippen molar-refractivity contribution in [2.24, 2.45) is 23.7 Å². The predicted molar refractivity (Wildman–Crippen MR) is 114 cm³/mol. The van der Waals surface area contributed by atoms with Gasteiger partial charge in [-0.3, -0.25) is 0 Å². The van der Waals surface area contributed by atoms with Gasteiger partial charge in [-0.15, -0.1) is 0 Å². The first-order valence-corrected chi connectivity index (χ1v) is 11.6. The zero-order valence-corrected chi connectivity index (χ0v) is 18.2. The molecular formula is C25H35F3O2. The summed E-state index contributed by atoms with van der Waals surface area (Å²) in [6.07, 6.45) is 11.7. The minimum atomic E-state index is -2.95. The van der Waals surface area contributed by atoms with Gasteiger partial charge in [0.2, 0.25) is 0 Å². The van der Waals surface area contributed by atoms with E-state index in [0.717, 1.165) is 24.7 Å². The largest absolute Gasteiger partial charge is 0.492 e. The maximum Gasteiger partial charge on any atom is 0.270 e. The molecule has 0 heterocycles. The molecule has 1 fully saturated rings. The van der Waals surface area contributed by atoms with Crippen LogP contribution in [0.25, 0.3) is 0 Å². The number of rotatable bonds is 9. The Kier molecular flexibility index (Phi) is 8.52. The van der Waals surface area contributed by atoms with Crippen molar-refractivity contribution in [2.45, 2.75) is 71.6 Å². The van der Waals surface area contributed by atoms with E-state index in [-0.39, 0.29) is 24.0 Å². The Morgan fingerprint density at radius 1 is 0.933 bits per heavy atom. The summed E-state index contributed by atoms with van der Waals surface area (Å²) in [5, 5.41) is 0. The molecule has 30 heavy (non-hydrogen) atoms. The normalized spacial score (nSPS) is 26.7. The van der Waals surface area contributed by atoms with Gasteiger partial charge >= 0.3 is 0 Å².